The lowest BCUT2D eigenvalue weighted by Gasteiger charge is -2.35. The Hall–Kier alpha value is -0.0551. The Morgan fingerprint density at radius 2 is 2.42 bits per heavy atom. The number of hydrogen-bond donors (Lipinski definition) is 1. The summed E-state index contributed by atoms with van der Waals surface area (Å²) < 4.78 is 5.67. The molecule has 0 spiro atoms. The molecule has 0 aromatic rings. The van der Waals surface area contributed by atoms with Gasteiger partial charge in [0.1, 0.15) is 14.0 Å². The van der Waals surface area contributed by atoms with Gasteiger partial charge in [0, 0.05) is 11.9 Å². The largest absolute Gasteiger partial charge is 0.377 e. The van der Waals surface area contributed by atoms with Gasteiger partial charge in [-0.15, -0.1) is 0 Å². The third-order valence-electron chi connectivity index (χ3n) is 2.99. The molecule has 2 aliphatic rings. The van der Waals surface area contributed by atoms with Crippen molar-refractivity contribution in [3.63, 3.8) is 0 Å². The lowest BCUT2D eigenvalue weighted by Crippen LogP contribution is -2.50. The van der Waals surface area contributed by atoms with Crippen molar-refractivity contribution in [1.82, 2.24) is 5.48 Å². The van der Waals surface area contributed by atoms with E-state index >= 15 is 0 Å². The van der Waals surface area contributed by atoms with Crippen molar-refractivity contribution in [2.24, 2.45) is 5.92 Å². The van der Waals surface area contributed by atoms with Crippen molar-refractivity contribution in [2.45, 2.75) is 38.0 Å². The number of nitrogens with one attached hydrogen (secondary N) is 1. The van der Waals surface area contributed by atoms with E-state index in [0.29, 0.717) is 5.92 Å². The minimum Gasteiger partial charge on any atom is -0.377 e. The smallest absolute Gasteiger partial charge is 0.112 e. The second-order valence-electron chi connectivity index (χ2n) is 3.81. The van der Waals surface area contributed by atoms with Crippen molar-refractivity contribution < 1.29 is 9.57 Å². The highest BCUT2D eigenvalue weighted by atomic mass is 16.7. The first-order chi connectivity index (χ1) is 5.67. The van der Waals surface area contributed by atoms with E-state index in [1.165, 1.54) is 0 Å². The van der Waals surface area contributed by atoms with Crippen molar-refractivity contribution in [3.8, 4) is 0 Å². The third-order valence-corrected chi connectivity index (χ3v) is 2.99. The molecule has 0 amide bonds. The number of fused-ring (bicyclic) bond motifs is 2. The highest BCUT2D eigenvalue weighted by Crippen LogP contribution is 2.40. The normalized spacial score (nSPS) is 52.7. The molecule has 1 unspecified atom stereocenters. The highest BCUT2D eigenvalue weighted by Gasteiger charge is 2.52. The zero-order chi connectivity index (χ0) is 8.77. The van der Waals surface area contributed by atoms with Crippen LogP contribution in [0.15, 0.2) is 0 Å². The molecule has 0 saturated carbocycles. The van der Waals surface area contributed by atoms with Gasteiger partial charge in [-0.25, -0.2) is 0 Å². The van der Waals surface area contributed by atoms with Crippen LogP contribution in [0.5, 0.6) is 0 Å². The molecule has 2 radical (unpaired) electrons. The molecule has 4 atom stereocenters. The third kappa shape index (κ3) is 1.02. The van der Waals surface area contributed by atoms with E-state index in [-0.39, 0.29) is 17.7 Å². The molecule has 2 saturated heterocycles. The lowest BCUT2D eigenvalue weighted by atomic mass is 9.80. The number of ether oxygens (including phenoxy) is 1. The molecule has 3 nitrogen and oxygen atoms in total. The van der Waals surface area contributed by atoms with E-state index in [9.17, 15) is 0 Å². The average molecular weight is 167 g/mol. The number of rotatable bonds is 1. The molecule has 0 aliphatic carbocycles. The summed E-state index contributed by atoms with van der Waals surface area (Å²) in [5.74, 6) is 0.425. The predicted octanol–water partition coefficient (Wildman–Crippen LogP) is 0.199. The molecule has 2 rings (SSSR count). The van der Waals surface area contributed by atoms with Crippen LogP contribution in [0.2, 0.25) is 0 Å². The van der Waals surface area contributed by atoms with Gasteiger partial charge in [-0.1, -0.05) is 6.92 Å². The Balaban J connectivity index is 2.23. The predicted molar refractivity (Wildman–Crippen MR) is 45.7 cm³/mol. The minimum atomic E-state index is -0.269. The number of hydrogen-bond acceptors (Lipinski definition) is 3. The molecule has 2 heterocycles. The van der Waals surface area contributed by atoms with E-state index in [1.54, 1.807) is 0 Å². The fourth-order valence-electron chi connectivity index (χ4n) is 2.31. The molecule has 2 aliphatic heterocycles. The molecule has 2 fully saturated rings. The van der Waals surface area contributed by atoms with Crippen molar-refractivity contribution in [2.75, 3.05) is 6.54 Å². The van der Waals surface area contributed by atoms with Gasteiger partial charge < -0.3 is 4.74 Å². The fraction of sp³-hybridized carbons (Fsp3) is 1.00. The van der Waals surface area contributed by atoms with Gasteiger partial charge in [-0.2, -0.15) is 5.48 Å². The molecule has 0 aromatic heterocycles. The lowest BCUT2D eigenvalue weighted by molar-refractivity contribution is -0.101. The highest BCUT2D eigenvalue weighted by molar-refractivity contribution is 6.11. The van der Waals surface area contributed by atoms with Crippen LogP contribution in [0.4, 0.5) is 0 Å². The van der Waals surface area contributed by atoms with Crippen LogP contribution >= 0.6 is 0 Å². The van der Waals surface area contributed by atoms with Gasteiger partial charge >= 0.3 is 0 Å². The summed E-state index contributed by atoms with van der Waals surface area (Å²) in [6.07, 6.45) is 1.07. The van der Waals surface area contributed by atoms with Crippen LogP contribution in [0.1, 0.15) is 20.3 Å². The first-order valence-electron chi connectivity index (χ1n) is 4.49. The van der Waals surface area contributed by atoms with E-state index < -0.39 is 0 Å². The second kappa shape index (κ2) is 2.72. The Bertz CT molecular complexity index is 190. The maximum absolute atomic E-state index is 5.78. The van der Waals surface area contributed by atoms with Crippen LogP contribution in [-0.4, -0.2) is 32.1 Å². The van der Waals surface area contributed by atoms with Crippen LogP contribution in [-0.2, 0) is 9.57 Å². The molecule has 1 N–H and O–H groups in total. The SMILES string of the molecule is [B][C@@H]1O[C@@]2(C)CNOC1[C@H]2CC. The molecular formula is C8H14BNO2. The Kier molecular flexibility index (Phi) is 1.94. The summed E-state index contributed by atoms with van der Waals surface area (Å²) in [6, 6.07) is -0.269. The zero-order valence-electron chi connectivity index (χ0n) is 7.54. The molecule has 4 heteroatoms. The summed E-state index contributed by atoms with van der Waals surface area (Å²) in [7, 11) is 5.78. The Labute approximate surface area is 74.2 Å². The van der Waals surface area contributed by atoms with E-state index in [0.717, 1.165) is 13.0 Å². The van der Waals surface area contributed by atoms with Crippen molar-refractivity contribution >= 4 is 7.85 Å². The molecular weight excluding hydrogens is 153 g/mol. The quantitative estimate of drug-likeness (QED) is 0.566. The Morgan fingerprint density at radius 1 is 1.67 bits per heavy atom. The summed E-state index contributed by atoms with van der Waals surface area (Å²) >= 11 is 0. The van der Waals surface area contributed by atoms with E-state index in [1.807, 2.05) is 0 Å². The standard InChI is InChI=1S/C8H14BNO2/c1-3-5-6-7(9)11-8(5,2)4-10-12-6/h5-7,10H,3-4H2,1-2H3/t5-,6?,7-,8+/m1/s1. The van der Waals surface area contributed by atoms with Crippen molar-refractivity contribution in [1.29, 1.82) is 0 Å². The maximum Gasteiger partial charge on any atom is 0.112 e. The summed E-state index contributed by atoms with van der Waals surface area (Å²) in [5, 5.41) is 0. The minimum absolute atomic E-state index is 0.0220. The first-order valence-corrected chi connectivity index (χ1v) is 4.49. The molecule has 0 aromatic carbocycles. The second-order valence-corrected chi connectivity index (χ2v) is 3.81. The van der Waals surface area contributed by atoms with Crippen LogP contribution in [0.25, 0.3) is 0 Å². The first kappa shape index (κ1) is 8.54. The van der Waals surface area contributed by atoms with Crippen molar-refractivity contribution in [3.05, 3.63) is 0 Å². The van der Waals surface area contributed by atoms with Gasteiger partial charge in [-0.05, 0) is 13.3 Å². The van der Waals surface area contributed by atoms with E-state index in [2.05, 4.69) is 19.3 Å². The monoisotopic (exact) mass is 167 g/mol. The maximum atomic E-state index is 5.78. The summed E-state index contributed by atoms with van der Waals surface area (Å²) in [6.45, 7) is 4.97. The van der Waals surface area contributed by atoms with Crippen LogP contribution in [0.3, 0.4) is 0 Å². The summed E-state index contributed by atoms with van der Waals surface area (Å²) in [4.78, 5) is 5.35. The van der Waals surface area contributed by atoms with Crippen LogP contribution < -0.4 is 5.48 Å². The molecule has 12 heavy (non-hydrogen) atoms. The summed E-state index contributed by atoms with van der Waals surface area (Å²) in [5.41, 5.74) is 2.75. The Morgan fingerprint density at radius 3 is 2.92 bits per heavy atom. The topological polar surface area (TPSA) is 30.5 Å². The number of hydroxylamine groups is 1. The van der Waals surface area contributed by atoms with Crippen LogP contribution in [0, 0.1) is 5.92 Å². The van der Waals surface area contributed by atoms with Gasteiger partial charge in [0.25, 0.3) is 0 Å². The molecule has 2 bridgehead atoms. The van der Waals surface area contributed by atoms with E-state index in [4.69, 9.17) is 17.4 Å². The van der Waals surface area contributed by atoms with Gasteiger partial charge in [-0.3, -0.25) is 4.84 Å². The van der Waals surface area contributed by atoms with Gasteiger partial charge in [0.05, 0.1) is 12.1 Å². The van der Waals surface area contributed by atoms with Gasteiger partial charge in [0.2, 0.25) is 0 Å². The van der Waals surface area contributed by atoms with Gasteiger partial charge in [0.15, 0.2) is 0 Å². The fourth-order valence-corrected chi connectivity index (χ4v) is 2.31. The molecule has 66 valence electrons. The zero-order valence-corrected chi connectivity index (χ0v) is 7.54. The average Bonchev–Trinajstić information content (AvgIpc) is 2.14.